The zero-order chi connectivity index (χ0) is 21.1. The molecule has 0 bridgehead atoms. The summed E-state index contributed by atoms with van der Waals surface area (Å²) in [6.07, 6.45) is 6.62. The molecule has 1 heterocycles. The lowest BCUT2D eigenvalue weighted by molar-refractivity contribution is 0.0938. The average molecular weight is 421 g/mol. The quantitative estimate of drug-likeness (QED) is 0.737. The number of benzene rings is 1. The van der Waals surface area contributed by atoms with E-state index in [1.54, 1.807) is 6.20 Å². The van der Waals surface area contributed by atoms with Crippen LogP contribution in [0.15, 0.2) is 24.4 Å². The number of methoxy groups -OCH3 is 1. The van der Waals surface area contributed by atoms with E-state index in [0.717, 1.165) is 5.56 Å². The van der Waals surface area contributed by atoms with Crippen LogP contribution in [0.1, 0.15) is 42.1 Å². The predicted molar refractivity (Wildman–Crippen MR) is 110 cm³/mol. The molecule has 1 fully saturated rings. The van der Waals surface area contributed by atoms with Gasteiger partial charge in [-0.25, -0.2) is 13.6 Å². The fraction of sp³-hybridized carbons (Fsp3) is 0.429. The Morgan fingerprint density at radius 1 is 1.34 bits per heavy atom. The smallest absolute Gasteiger partial charge is 0.266 e. The number of aromatic nitrogens is 1. The number of pyridine rings is 1. The molecule has 0 aliphatic heterocycles. The van der Waals surface area contributed by atoms with Crippen molar-refractivity contribution in [1.82, 2.24) is 9.71 Å². The molecule has 1 saturated carbocycles. The number of carbonyl (C=O) groups is 1. The SMILES string of the molecule is COc1cc(C(=O)NS(C)=O)c(F)cc1-c1cnc(OC(C)C2CCC2)c(C)c1. The zero-order valence-corrected chi connectivity index (χ0v) is 17.8. The Morgan fingerprint density at radius 2 is 2.07 bits per heavy atom. The van der Waals surface area contributed by atoms with Crippen LogP contribution in [-0.2, 0) is 11.0 Å². The van der Waals surface area contributed by atoms with Crippen LogP contribution in [0, 0.1) is 18.7 Å². The van der Waals surface area contributed by atoms with E-state index in [0.29, 0.717) is 28.7 Å². The third kappa shape index (κ3) is 4.75. The number of nitrogens with one attached hydrogen (secondary N) is 1. The molecule has 1 amide bonds. The van der Waals surface area contributed by atoms with Crippen LogP contribution in [0.5, 0.6) is 11.6 Å². The second-order valence-electron chi connectivity index (χ2n) is 7.28. The minimum atomic E-state index is -1.60. The molecule has 2 aromatic rings. The number of amides is 1. The number of carbonyl (C=O) groups excluding carboxylic acids is 1. The lowest BCUT2D eigenvalue weighted by atomic mass is 9.82. The van der Waals surface area contributed by atoms with E-state index < -0.39 is 22.7 Å². The van der Waals surface area contributed by atoms with Crippen LogP contribution < -0.4 is 14.2 Å². The van der Waals surface area contributed by atoms with Crippen LogP contribution in [0.4, 0.5) is 4.39 Å². The number of hydrogen-bond acceptors (Lipinski definition) is 5. The largest absolute Gasteiger partial charge is 0.496 e. The highest BCUT2D eigenvalue weighted by molar-refractivity contribution is 7.82. The Labute approximate surface area is 172 Å². The van der Waals surface area contributed by atoms with Crippen molar-refractivity contribution in [2.45, 2.75) is 39.2 Å². The Balaban J connectivity index is 1.89. The molecule has 2 unspecified atom stereocenters. The van der Waals surface area contributed by atoms with Gasteiger partial charge in [0, 0.05) is 29.1 Å². The van der Waals surface area contributed by atoms with E-state index in [2.05, 4.69) is 16.6 Å². The minimum Gasteiger partial charge on any atom is -0.496 e. The fourth-order valence-corrected chi connectivity index (χ4v) is 3.69. The first-order valence-corrected chi connectivity index (χ1v) is 11.0. The van der Waals surface area contributed by atoms with E-state index in [4.69, 9.17) is 9.47 Å². The zero-order valence-electron chi connectivity index (χ0n) is 17.0. The van der Waals surface area contributed by atoms with Crippen molar-refractivity contribution >= 4 is 16.9 Å². The maximum Gasteiger partial charge on any atom is 0.266 e. The molecule has 2 atom stereocenters. The summed E-state index contributed by atoms with van der Waals surface area (Å²) in [7, 11) is -0.157. The second kappa shape index (κ2) is 8.90. The van der Waals surface area contributed by atoms with Gasteiger partial charge in [0.25, 0.3) is 5.91 Å². The van der Waals surface area contributed by atoms with Crippen molar-refractivity contribution < 1.29 is 22.9 Å². The number of rotatable bonds is 7. The highest BCUT2D eigenvalue weighted by Crippen LogP contribution is 2.35. The molecular weight excluding hydrogens is 395 g/mol. The molecular formula is C21H25FN2O4S. The van der Waals surface area contributed by atoms with Gasteiger partial charge < -0.3 is 9.47 Å². The summed E-state index contributed by atoms with van der Waals surface area (Å²) in [6, 6.07) is 4.37. The van der Waals surface area contributed by atoms with E-state index in [9.17, 15) is 13.4 Å². The Hall–Kier alpha value is -2.48. The van der Waals surface area contributed by atoms with Gasteiger partial charge in [-0.05, 0) is 50.8 Å². The van der Waals surface area contributed by atoms with Gasteiger partial charge in [0.2, 0.25) is 5.88 Å². The summed E-state index contributed by atoms with van der Waals surface area (Å²) >= 11 is 0. The number of nitrogens with zero attached hydrogens (tertiary/aromatic N) is 1. The topological polar surface area (TPSA) is 77.5 Å². The van der Waals surface area contributed by atoms with Crippen molar-refractivity contribution in [1.29, 1.82) is 0 Å². The first-order chi connectivity index (χ1) is 13.8. The van der Waals surface area contributed by atoms with E-state index >= 15 is 0 Å². The lowest BCUT2D eigenvalue weighted by Gasteiger charge is -2.31. The van der Waals surface area contributed by atoms with Gasteiger partial charge in [-0.15, -0.1) is 0 Å². The molecule has 1 N–H and O–H groups in total. The standard InChI is InChI=1S/C21H25FN2O4S/c1-12-8-15(11-23-21(12)28-13(2)14-6-5-7-14)16-9-18(22)17(10-19(16)27-3)20(25)24-29(4)26/h8-11,13-14H,5-7H2,1-4H3,(H,24,25). The summed E-state index contributed by atoms with van der Waals surface area (Å²) in [6.45, 7) is 3.95. The highest BCUT2D eigenvalue weighted by atomic mass is 32.2. The molecule has 1 aromatic heterocycles. The highest BCUT2D eigenvalue weighted by Gasteiger charge is 2.26. The molecule has 0 radical (unpaired) electrons. The molecule has 3 rings (SSSR count). The molecule has 1 aliphatic rings. The Kier molecular flexibility index (Phi) is 6.52. The number of aryl methyl sites for hydroxylation is 1. The maximum atomic E-state index is 14.6. The molecule has 1 aromatic carbocycles. The first kappa shape index (κ1) is 21.2. The number of halogens is 1. The predicted octanol–water partition coefficient (Wildman–Crippen LogP) is 3.80. The second-order valence-corrected chi connectivity index (χ2v) is 8.39. The van der Waals surface area contributed by atoms with Crippen LogP contribution in [0.3, 0.4) is 0 Å². The lowest BCUT2D eigenvalue weighted by Crippen LogP contribution is -2.29. The summed E-state index contributed by atoms with van der Waals surface area (Å²) in [4.78, 5) is 16.5. The van der Waals surface area contributed by atoms with Crippen molar-refractivity contribution in [3.63, 3.8) is 0 Å². The fourth-order valence-electron chi connectivity index (χ4n) is 3.32. The summed E-state index contributed by atoms with van der Waals surface area (Å²) < 4.78 is 39.3. The third-order valence-corrected chi connectivity index (χ3v) is 5.70. The molecule has 8 heteroatoms. The van der Waals surface area contributed by atoms with Crippen LogP contribution in [-0.4, -0.2) is 34.6 Å². The maximum absolute atomic E-state index is 14.6. The van der Waals surface area contributed by atoms with Crippen molar-refractivity contribution in [3.8, 4) is 22.8 Å². The summed E-state index contributed by atoms with van der Waals surface area (Å²) in [5.41, 5.74) is 1.71. The van der Waals surface area contributed by atoms with Gasteiger partial charge in [-0.1, -0.05) is 6.42 Å². The van der Waals surface area contributed by atoms with E-state index in [1.165, 1.54) is 44.8 Å². The number of hydrogen-bond donors (Lipinski definition) is 1. The van der Waals surface area contributed by atoms with Gasteiger partial charge in [0.05, 0.1) is 12.7 Å². The summed E-state index contributed by atoms with van der Waals surface area (Å²) in [5, 5.41) is 0. The van der Waals surface area contributed by atoms with Gasteiger partial charge in [0.15, 0.2) is 0 Å². The molecule has 6 nitrogen and oxygen atoms in total. The Bertz CT molecular complexity index is 947. The van der Waals surface area contributed by atoms with Gasteiger partial charge >= 0.3 is 0 Å². The van der Waals surface area contributed by atoms with Gasteiger partial charge in [-0.2, -0.15) is 0 Å². The van der Waals surface area contributed by atoms with E-state index in [1.807, 2.05) is 13.0 Å². The van der Waals surface area contributed by atoms with Crippen molar-refractivity contribution in [3.05, 3.63) is 41.3 Å². The van der Waals surface area contributed by atoms with Crippen molar-refractivity contribution in [2.75, 3.05) is 13.4 Å². The van der Waals surface area contributed by atoms with Crippen LogP contribution in [0.2, 0.25) is 0 Å². The van der Waals surface area contributed by atoms with Gasteiger partial charge in [0.1, 0.15) is 28.7 Å². The minimum absolute atomic E-state index is 0.106. The Morgan fingerprint density at radius 3 is 2.62 bits per heavy atom. The normalized spacial score (nSPS) is 15.9. The molecule has 0 saturated heterocycles. The molecule has 29 heavy (non-hydrogen) atoms. The first-order valence-electron chi connectivity index (χ1n) is 9.45. The molecule has 1 aliphatic carbocycles. The van der Waals surface area contributed by atoms with Crippen LogP contribution >= 0.6 is 0 Å². The monoisotopic (exact) mass is 420 g/mol. The van der Waals surface area contributed by atoms with Crippen LogP contribution in [0.25, 0.3) is 11.1 Å². The number of ether oxygens (including phenoxy) is 2. The molecule has 0 spiro atoms. The summed E-state index contributed by atoms with van der Waals surface area (Å²) in [5.74, 6) is -0.0529. The molecule has 156 valence electrons. The van der Waals surface area contributed by atoms with Crippen molar-refractivity contribution in [2.24, 2.45) is 5.92 Å². The third-order valence-electron chi connectivity index (χ3n) is 5.22. The van der Waals surface area contributed by atoms with Gasteiger partial charge in [-0.3, -0.25) is 9.52 Å². The average Bonchev–Trinajstić information content (AvgIpc) is 2.61. The van der Waals surface area contributed by atoms with E-state index in [-0.39, 0.29) is 11.7 Å².